The van der Waals surface area contributed by atoms with Crippen LogP contribution in [0.15, 0.2) is 29.2 Å². The Kier molecular flexibility index (Phi) is 4.15. The molecule has 0 spiro atoms. The largest absolute Gasteiger partial charge is 0.207 e. The zero-order chi connectivity index (χ0) is 8.81. The maximum Gasteiger partial charge on any atom is 0.124 e. The molecule has 0 atom stereocenters. The minimum Gasteiger partial charge on any atom is -0.207 e. The van der Waals surface area contributed by atoms with Crippen molar-refractivity contribution in [3.63, 3.8) is 0 Å². The fourth-order valence-electron chi connectivity index (χ4n) is 0.891. The predicted octanol–water partition coefficient (Wildman–Crippen LogP) is 3.72. The topological polar surface area (TPSA) is 0 Å². The Morgan fingerprint density at radius 2 is 2.25 bits per heavy atom. The third-order valence-electron chi connectivity index (χ3n) is 1.56. The summed E-state index contributed by atoms with van der Waals surface area (Å²) in [5, 5.41) is 0. The third kappa shape index (κ3) is 3.26. The van der Waals surface area contributed by atoms with E-state index in [1.165, 1.54) is 18.9 Å². The molecule has 0 aliphatic heterocycles. The molecule has 12 heavy (non-hydrogen) atoms. The van der Waals surface area contributed by atoms with Gasteiger partial charge in [-0.25, -0.2) is 4.39 Å². The summed E-state index contributed by atoms with van der Waals surface area (Å²) >= 11 is 1.72. The van der Waals surface area contributed by atoms with E-state index in [1.807, 2.05) is 6.07 Å². The smallest absolute Gasteiger partial charge is 0.124 e. The number of benzene rings is 1. The van der Waals surface area contributed by atoms with E-state index < -0.39 is 0 Å². The number of rotatable bonds is 4. The first-order chi connectivity index (χ1) is 5.83. The van der Waals surface area contributed by atoms with Gasteiger partial charge in [-0.2, -0.15) is 0 Å². The van der Waals surface area contributed by atoms with Gasteiger partial charge in [0.2, 0.25) is 0 Å². The summed E-state index contributed by atoms with van der Waals surface area (Å²) in [4.78, 5) is 1.03. The number of halogens is 1. The highest BCUT2D eigenvalue weighted by molar-refractivity contribution is 7.99. The number of hydrogen-bond acceptors (Lipinski definition) is 1. The molecule has 0 saturated carbocycles. The van der Waals surface area contributed by atoms with Gasteiger partial charge in [0.15, 0.2) is 0 Å². The van der Waals surface area contributed by atoms with Crippen molar-refractivity contribution < 1.29 is 4.39 Å². The maximum atomic E-state index is 12.7. The van der Waals surface area contributed by atoms with Crippen LogP contribution in [0.4, 0.5) is 4.39 Å². The van der Waals surface area contributed by atoms with Crippen LogP contribution < -0.4 is 0 Å². The lowest BCUT2D eigenvalue weighted by Gasteiger charge is -1.99. The van der Waals surface area contributed by atoms with E-state index in [2.05, 4.69) is 6.92 Å². The molecule has 0 saturated heterocycles. The number of thioether (sulfide) groups is 1. The quantitative estimate of drug-likeness (QED) is 0.507. The average molecular weight is 184 g/mol. The van der Waals surface area contributed by atoms with E-state index in [-0.39, 0.29) is 5.82 Å². The van der Waals surface area contributed by atoms with Crippen LogP contribution in [-0.2, 0) is 0 Å². The van der Waals surface area contributed by atoms with E-state index in [1.54, 1.807) is 23.9 Å². The summed E-state index contributed by atoms with van der Waals surface area (Å²) < 4.78 is 12.7. The second-order valence-corrected chi connectivity index (χ2v) is 3.83. The van der Waals surface area contributed by atoms with Crippen LogP contribution in [-0.4, -0.2) is 5.75 Å². The highest BCUT2D eigenvalue weighted by atomic mass is 32.2. The molecule has 0 unspecified atom stereocenters. The van der Waals surface area contributed by atoms with Crippen LogP contribution in [0, 0.1) is 5.82 Å². The van der Waals surface area contributed by atoms with Gasteiger partial charge in [0, 0.05) is 4.90 Å². The Bertz CT molecular complexity index is 235. The van der Waals surface area contributed by atoms with Crippen LogP contribution in [0.3, 0.4) is 0 Å². The lowest BCUT2D eigenvalue weighted by atomic mass is 10.3. The second kappa shape index (κ2) is 5.20. The molecule has 0 N–H and O–H groups in total. The summed E-state index contributed by atoms with van der Waals surface area (Å²) in [6, 6.07) is 6.76. The Hall–Kier alpha value is -0.500. The van der Waals surface area contributed by atoms with Gasteiger partial charge in [-0.05, 0) is 30.4 Å². The zero-order valence-corrected chi connectivity index (χ0v) is 8.03. The summed E-state index contributed by atoms with van der Waals surface area (Å²) in [5.74, 6) is 0.941. The van der Waals surface area contributed by atoms with E-state index >= 15 is 0 Å². The summed E-state index contributed by atoms with van der Waals surface area (Å²) in [7, 11) is 0. The van der Waals surface area contributed by atoms with Crippen LogP contribution in [0.2, 0.25) is 0 Å². The molecule has 0 nitrogen and oxygen atoms in total. The molecule has 0 radical (unpaired) electrons. The van der Waals surface area contributed by atoms with Crippen molar-refractivity contribution in [2.75, 3.05) is 5.75 Å². The molecular weight excluding hydrogens is 171 g/mol. The first-order valence-electron chi connectivity index (χ1n) is 4.21. The second-order valence-electron chi connectivity index (χ2n) is 2.66. The van der Waals surface area contributed by atoms with Gasteiger partial charge in [-0.3, -0.25) is 0 Å². The van der Waals surface area contributed by atoms with Crippen molar-refractivity contribution in [3.05, 3.63) is 30.1 Å². The van der Waals surface area contributed by atoms with E-state index in [9.17, 15) is 4.39 Å². The molecule has 66 valence electrons. The number of hydrogen-bond donors (Lipinski definition) is 0. The summed E-state index contributed by atoms with van der Waals surface area (Å²) in [5.41, 5.74) is 0. The highest BCUT2D eigenvalue weighted by Gasteiger charge is 1.94. The molecule has 0 amide bonds. The third-order valence-corrected chi connectivity index (χ3v) is 2.64. The molecule has 0 bridgehead atoms. The van der Waals surface area contributed by atoms with Crippen LogP contribution >= 0.6 is 11.8 Å². The highest BCUT2D eigenvalue weighted by Crippen LogP contribution is 2.19. The minimum atomic E-state index is -0.142. The van der Waals surface area contributed by atoms with Crippen molar-refractivity contribution in [3.8, 4) is 0 Å². The average Bonchev–Trinajstić information content (AvgIpc) is 2.05. The van der Waals surface area contributed by atoms with Crippen molar-refractivity contribution >= 4 is 11.8 Å². The molecule has 0 aliphatic rings. The fourth-order valence-corrected chi connectivity index (χ4v) is 1.93. The minimum absolute atomic E-state index is 0.142. The molecule has 0 aliphatic carbocycles. The molecule has 1 aromatic carbocycles. The molecular formula is C10H13FS. The van der Waals surface area contributed by atoms with Crippen LogP contribution in [0.25, 0.3) is 0 Å². The SMILES string of the molecule is CCCCSc1cccc(F)c1. The Morgan fingerprint density at radius 1 is 1.42 bits per heavy atom. The van der Waals surface area contributed by atoms with Crippen molar-refractivity contribution in [2.45, 2.75) is 24.7 Å². The normalized spacial score (nSPS) is 10.2. The monoisotopic (exact) mass is 184 g/mol. The Morgan fingerprint density at radius 3 is 2.92 bits per heavy atom. The van der Waals surface area contributed by atoms with Crippen LogP contribution in [0.1, 0.15) is 19.8 Å². The molecule has 0 aromatic heterocycles. The van der Waals surface area contributed by atoms with Gasteiger partial charge < -0.3 is 0 Å². The van der Waals surface area contributed by atoms with Gasteiger partial charge in [-0.15, -0.1) is 11.8 Å². The van der Waals surface area contributed by atoms with E-state index in [0.717, 1.165) is 10.6 Å². The van der Waals surface area contributed by atoms with Gasteiger partial charge in [0.05, 0.1) is 0 Å². The lowest BCUT2D eigenvalue weighted by molar-refractivity contribution is 0.624. The van der Waals surface area contributed by atoms with Crippen molar-refractivity contribution in [1.82, 2.24) is 0 Å². The first-order valence-corrected chi connectivity index (χ1v) is 5.20. The summed E-state index contributed by atoms with van der Waals surface area (Å²) in [6.07, 6.45) is 2.39. The molecule has 0 heterocycles. The lowest BCUT2D eigenvalue weighted by Crippen LogP contribution is -1.79. The maximum absolute atomic E-state index is 12.7. The predicted molar refractivity (Wildman–Crippen MR) is 52.0 cm³/mol. The van der Waals surface area contributed by atoms with Gasteiger partial charge in [0.1, 0.15) is 5.82 Å². The Labute approximate surface area is 77.2 Å². The van der Waals surface area contributed by atoms with E-state index in [0.29, 0.717) is 0 Å². The molecule has 1 aromatic rings. The molecule has 0 fully saturated rings. The van der Waals surface area contributed by atoms with Gasteiger partial charge in [0.25, 0.3) is 0 Å². The zero-order valence-electron chi connectivity index (χ0n) is 7.22. The van der Waals surface area contributed by atoms with Crippen molar-refractivity contribution in [2.24, 2.45) is 0 Å². The fraction of sp³-hybridized carbons (Fsp3) is 0.400. The summed E-state index contributed by atoms with van der Waals surface area (Å²) in [6.45, 7) is 2.16. The standard InChI is InChI=1S/C10H13FS/c1-2-3-7-12-10-6-4-5-9(11)8-10/h4-6,8H,2-3,7H2,1H3. The van der Waals surface area contributed by atoms with Crippen LogP contribution in [0.5, 0.6) is 0 Å². The number of unbranched alkanes of at least 4 members (excludes halogenated alkanes) is 1. The van der Waals surface area contributed by atoms with Crippen molar-refractivity contribution in [1.29, 1.82) is 0 Å². The van der Waals surface area contributed by atoms with E-state index in [4.69, 9.17) is 0 Å². The molecule has 1 rings (SSSR count). The Balaban J connectivity index is 2.41. The van der Waals surface area contributed by atoms with Gasteiger partial charge >= 0.3 is 0 Å². The molecule has 2 heteroatoms. The van der Waals surface area contributed by atoms with Gasteiger partial charge in [-0.1, -0.05) is 19.4 Å². The first kappa shape index (κ1) is 9.59.